The van der Waals surface area contributed by atoms with Crippen LogP contribution in [0.1, 0.15) is 61.1 Å². The Balaban J connectivity index is 1.28. The van der Waals surface area contributed by atoms with Crippen LogP contribution in [0.3, 0.4) is 0 Å². The van der Waals surface area contributed by atoms with E-state index in [4.69, 9.17) is 13.9 Å². The molecule has 5 heteroatoms. The van der Waals surface area contributed by atoms with Gasteiger partial charge in [0.2, 0.25) is 0 Å². The first kappa shape index (κ1) is 18.1. The lowest BCUT2D eigenvalue weighted by Gasteiger charge is -2.33. The molecule has 1 aromatic carbocycles. The summed E-state index contributed by atoms with van der Waals surface area (Å²) in [5.74, 6) is 0.873. The summed E-state index contributed by atoms with van der Waals surface area (Å²) in [6, 6.07) is 11.3. The second-order valence-corrected chi connectivity index (χ2v) is 7.61. The average Bonchev–Trinajstić information content (AvgIpc) is 3.33. The van der Waals surface area contributed by atoms with Crippen LogP contribution >= 0.6 is 0 Å². The SMILES string of the molecule is O=C(NCC1CCC2(CCCCC2)O1)c1occc1COc1ccccc1. The number of ether oxygens (including phenoxy) is 2. The molecule has 0 radical (unpaired) electrons. The molecule has 1 spiro atoms. The minimum atomic E-state index is -0.208. The molecule has 2 fully saturated rings. The zero-order valence-electron chi connectivity index (χ0n) is 15.6. The van der Waals surface area contributed by atoms with Gasteiger partial charge in [0.1, 0.15) is 12.4 Å². The maximum absolute atomic E-state index is 12.5. The van der Waals surface area contributed by atoms with Crippen molar-refractivity contribution in [1.29, 1.82) is 0 Å². The van der Waals surface area contributed by atoms with E-state index < -0.39 is 0 Å². The van der Waals surface area contributed by atoms with E-state index in [1.54, 1.807) is 6.07 Å². The zero-order chi connectivity index (χ0) is 18.5. The monoisotopic (exact) mass is 369 g/mol. The summed E-state index contributed by atoms with van der Waals surface area (Å²) >= 11 is 0. The molecule has 27 heavy (non-hydrogen) atoms. The minimum absolute atomic E-state index is 0.0764. The Morgan fingerprint density at radius 3 is 2.74 bits per heavy atom. The number of hydrogen-bond donors (Lipinski definition) is 1. The number of rotatable bonds is 6. The smallest absolute Gasteiger partial charge is 0.287 e. The summed E-state index contributed by atoms with van der Waals surface area (Å²) in [7, 11) is 0. The van der Waals surface area contributed by atoms with E-state index in [9.17, 15) is 4.79 Å². The lowest BCUT2D eigenvalue weighted by atomic mass is 9.83. The third kappa shape index (κ3) is 4.35. The molecule has 1 N–H and O–H groups in total. The molecule has 1 atom stereocenters. The lowest BCUT2D eigenvalue weighted by Crippen LogP contribution is -2.36. The van der Waals surface area contributed by atoms with E-state index in [1.165, 1.54) is 25.5 Å². The summed E-state index contributed by atoms with van der Waals surface area (Å²) in [6.45, 7) is 0.826. The van der Waals surface area contributed by atoms with Crippen molar-refractivity contribution in [2.75, 3.05) is 6.54 Å². The molecule has 2 aromatic rings. The number of carbonyl (C=O) groups is 1. The summed E-state index contributed by atoms with van der Waals surface area (Å²) < 4.78 is 17.5. The molecule has 1 aliphatic carbocycles. The highest BCUT2D eigenvalue weighted by atomic mass is 16.5. The molecule has 2 aliphatic rings. The third-order valence-corrected chi connectivity index (χ3v) is 5.68. The number of para-hydroxylation sites is 1. The second kappa shape index (κ2) is 8.17. The predicted octanol–water partition coefficient (Wildman–Crippen LogP) is 4.47. The van der Waals surface area contributed by atoms with Gasteiger partial charge in [-0.05, 0) is 43.9 Å². The first-order chi connectivity index (χ1) is 13.2. The minimum Gasteiger partial charge on any atom is -0.489 e. The summed E-state index contributed by atoms with van der Waals surface area (Å²) in [4.78, 5) is 12.5. The summed E-state index contributed by atoms with van der Waals surface area (Å²) in [5, 5.41) is 2.97. The molecular formula is C22H27NO4. The number of nitrogens with one attached hydrogen (secondary N) is 1. The van der Waals surface area contributed by atoms with Gasteiger partial charge in [0.15, 0.2) is 5.76 Å². The topological polar surface area (TPSA) is 60.7 Å². The van der Waals surface area contributed by atoms with E-state index in [1.807, 2.05) is 30.3 Å². The maximum atomic E-state index is 12.5. The van der Waals surface area contributed by atoms with Crippen LogP contribution < -0.4 is 10.1 Å². The van der Waals surface area contributed by atoms with Gasteiger partial charge in [-0.2, -0.15) is 0 Å². The fourth-order valence-corrected chi connectivity index (χ4v) is 4.22. The highest BCUT2D eigenvalue weighted by Gasteiger charge is 2.40. The molecule has 1 saturated heterocycles. The Labute approximate surface area is 160 Å². The fourth-order valence-electron chi connectivity index (χ4n) is 4.22. The number of carbonyl (C=O) groups excluding carboxylic acids is 1. The van der Waals surface area contributed by atoms with Gasteiger partial charge in [-0.15, -0.1) is 0 Å². The standard InChI is InChI=1S/C22H27NO4/c24-21(23-15-19-9-13-22(27-19)11-5-2-6-12-22)20-17(10-14-25-20)16-26-18-7-3-1-4-8-18/h1,3-4,7-8,10,14,19H,2,5-6,9,11-13,15-16H2,(H,23,24). The van der Waals surface area contributed by atoms with E-state index >= 15 is 0 Å². The average molecular weight is 369 g/mol. The molecule has 1 amide bonds. The number of benzene rings is 1. The molecule has 144 valence electrons. The second-order valence-electron chi connectivity index (χ2n) is 7.61. The van der Waals surface area contributed by atoms with Gasteiger partial charge in [-0.3, -0.25) is 4.79 Å². The van der Waals surface area contributed by atoms with Crippen molar-refractivity contribution in [1.82, 2.24) is 5.32 Å². The van der Waals surface area contributed by atoms with Crippen LogP contribution in [-0.2, 0) is 11.3 Å². The van der Waals surface area contributed by atoms with Crippen molar-refractivity contribution < 1.29 is 18.7 Å². The van der Waals surface area contributed by atoms with Crippen molar-refractivity contribution in [3.63, 3.8) is 0 Å². The molecule has 1 aromatic heterocycles. The van der Waals surface area contributed by atoms with Crippen molar-refractivity contribution in [3.8, 4) is 5.75 Å². The van der Waals surface area contributed by atoms with Crippen molar-refractivity contribution in [2.24, 2.45) is 0 Å². The van der Waals surface area contributed by atoms with Crippen LogP contribution in [0, 0.1) is 0 Å². The van der Waals surface area contributed by atoms with E-state index in [0.717, 1.165) is 37.0 Å². The summed E-state index contributed by atoms with van der Waals surface area (Å²) in [5.41, 5.74) is 0.819. The highest BCUT2D eigenvalue weighted by molar-refractivity contribution is 5.92. The molecule has 2 heterocycles. The maximum Gasteiger partial charge on any atom is 0.287 e. The molecule has 0 bridgehead atoms. The van der Waals surface area contributed by atoms with E-state index in [-0.39, 0.29) is 17.6 Å². The van der Waals surface area contributed by atoms with Crippen LogP contribution in [0.25, 0.3) is 0 Å². The Hall–Kier alpha value is -2.27. The van der Waals surface area contributed by atoms with Crippen LogP contribution in [0.4, 0.5) is 0 Å². The van der Waals surface area contributed by atoms with E-state index in [2.05, 4.69) is 5.32 Å². The Morgan fingerprint density at radius 1 is 1.11 bits per heavy atom. The van der Waals surface area contributed by atoms with Gasteiger partial charge in [0.25, 0.3) is 5.91 Å². The first-order valence-corrected chi connectivity index (χ1v) is 9.94. The molecule has 1 saturated carbocycles. The van der Waals surface area contributed by atoms with Crippen LogP contribution in [0.15, 0.2) is 47.1 Å². The van der Waals surface area contributed by atoms with E-state index in [0.29, 0.717) is 18.9 Å². The molecule has 4 rings (SSSR count). The van der Waals surface area contributed by atoms with Gasteiger partial charge >= 0.3 is 0 Å². The molecule has 1 unspecified atom stereocenters. The lowest BCUT2D eigenvalue weighted by molar-refractivity contribution is -0.0618. The number of hydrogen-bond acceptors (Lipinski definition) is 4. The number of furan rings is 1. The fraction of sp³-hybridized carbons (Fsp3) is 0.500. The van der Waals surface area contributed by atoms with Gasteiger partial charge in [-0.1, -0.05) is 37.5 Å². The van der Waals surface area contributed by atoms with Gasteiger partial charge in [-0.25, -0.2) is 0 Å². The van der Waals surface area contributed by atoms with Gasteiger partial charge in [0.05, 0.1) is 18.0 Å². The summed E-state index contributed by atoms with van der Waals surface area (Å²) in [6.07, 6.45) is 9.93. The number of amides is 1. The van der Waals surface area contributed by atoms with Gasteiger partial charge < -0.3 is 19.2 Å². The molecular weight excluding hydrogens is 342 g/mol. The zero-order valence-corrected chi connectivity index (χ0v) is 15.6. The van der Waals surface area contributed by atoms with Crippen LogP contribution in [0.5, 0.6) is 5.75 Å². The predicted molar refractivity (Wildman–Crippen MR) is 102 cm³/mol. The Morgan fingerprint density at radius 2 is 1.93 bits per heavy atom. The quantitative estimate of drug-likeness (QED) is 0.816. The van der Waals surface area contributed by atoms with Crippen LogP contribution in [-0.4, -0.2) is 24.2 Å². The molecule has 1 aliphatic heterocycles. The highest BCUT2D eigenvalue weighted by Crippen LogP contribution is 2.41. The Bertz CT molecular complexity index is 749. The van der Waals surface area contributed by atoms with Gasteiger partial charge in [0, 0.05) is 12.1 Å². The normalized spacial score (nSPS) is 21.3. The van der Waals surface area contributed by atoms with Crippen LogP contribution in [0.2, 0.25) is 0 Å². The molecule has 5 nitrogen and oxygen atoms in total. The third-order valence-electron chi connectivity index (χ3n) is 5.68. The van der Waals surface area contributed by atoms with Crippen molar-refractivity contribution >= 4 is 5.91 Å². The first-order valence-electron chi connectivity index (χ1n) is 9.94. The van der Waals surface area contributed by atoms with Crippen molar-refractivity contribution in [3.05, 3.63) is 54.0 Å². The largest absolute Gasteiger partial charge is 0.489 e. The van der Waals surface area contributed by atoms with Crippen molar-refractivity contribution in [2.45, 2.75) is 63.3 Å². The Kier molecular flexibility index (Phi) is 5.48.